The molecular weight excluding hydrogens is 434 g/mol. The quantitative estimate of drug-likeness (QED) is 0.679. The van der Waals surface area contributed by atoms with Gasteiger partial charge in [0.25, 0.3) is 5.56 Å². The number of pyridine rings is 1. The van der Waals surface area contributed by atoms with Crippen LogP contribution < -0.4 is 5.56 Å². The molecule has 0 saturated carbocycles. The first-order valence-electron chi connectivity index (χ1n) is 8.71. The number of benzene rings is 1. The number of sulfone groups is 1. The van der Waals surface area contributed by atoms with Crippen molar-refractivity contribution in [3.05, 3.63) is 55.8 Å². The smallest absolute Gasteiger partial charge is 0.337 e. The van der Waals surface area contributed by atoms with Crippen molar-refractivity contribution in [3.63, 3.8) is 0 Å². The number of carboxylic acids is 1. The van der Waals surface area contributed by atoms with Gasteiger partial charge >= 0.3 is 5.97 Å². The number of carbonyl (C=O) groups is 1. The van der Waals surface area contributed by atoms with Crippen LogP contribution in [0.2, 0.25) is 5.02 Å². The Labute approximate surface area is 176 Å². The number of aromatic carboxylic acids is 1. The van der Waals surface area contributed by atoms with Crippen LogP contribution in [-0.4, -0.2) is 46.9 Å². The third-order valence-corrected chi connectivity index (χ3v) is 6.97. The van der Waals surface area contributed by atoms with E-state index in [4.69, 9.17) is 16.7 Å². The summed E-state index contributed by atoms with van der Waals surface area (Å²) >= 11 is 5.84. The standard InChI is InChI=1S/C19H16ClN3O6S/c1-10-14(7-21)17(24)23(12-4-5-30(28,29)9-12)18(25)15(10)8-22-11-2-3-16(20)13(6-11)19(26)27/h2-3,6,8,12,25H,4-5,9H2,1H3,(H,26,27)/t12-/m0/s1. The Balaban J connectivity index is 2.14. The first-order chi connectivity index (χ1) is 14.1. The summed E-state index contributed by atoms with van der Waals surface area (Å²) in [5.41, 5.74) is -0.718. The Kier molecular flexibility index (Phi) is 5.70. The SMILES string of the molecule is Cc1c(C=Nc2ccc(Cl)c(C(=O)O)c2)c(O)n([C@H]2CCS(=O)(=O)C2)c(=O)c1C#N. The van der Waals surface area contributed by atoms with E-state index in [9.17, 15) is 28.4 Å². The number of carboxylic acid groups (broad SMARTS) is 1. The predicted octanol–water partition coefficient (Wildman–Crippen LogP) is 2.20. The molecule has 1 fully saturated rings. The molecular formula is C19H16ClN3O6S. The molecule has 2 aromatic rings. The lowest BCUT2D eigenvalue weighted by Gasteiger charge is -2.18. The number of aromatic hydroxyl groups is 1. The molecule has 30 heavy (non-hydrogen) atoms. The lowest BCUT2D eigenvalue weighted by atomic mass is 10.0. The summed E-state index contributed by atoms with van der Waals surface area (Å²) in [5, 5.41) is 29.3. The predicted molar refractivity (Wildman–Crippen MR) is 110 cm³/mol. The first-order valence-corrected chi connectivity index (χ1v) is 10.9. The maximum absolute atomic E-state index is 12.7. The topological polar surface area (TPSA) is 150 Å². The molecule has 2 N–H and O–H groups in total. The van der Waals surface area contributed by atoms with Gasteiger partial charge in [0.05, 0.1) is 39.4 Å². The molecule has 0 aliphatic carbocycles. The molecule has 2 heterocycles. The average molecular weight is 450 g/mol. The summed E-state index contributed by atoms with van der Waals surface area (Å²) in [6.07, 6.45) is 1.33. The van der Waals surface area contributed by atoms with Crippen molar-refractivity contribution < 1.29 is 23.4 Å². The van der Waals surface area contributed by atoms with E-state index in [-0.39, 0.29) is 50.9 Å². The molecule has 0 radical (unpaired) electrons. The van der Waals surface area contributed by atoms with Crippen molar-refractivity contribution in [3.8, 4) is 11.9 Å². The van der Waals surface area contributed by atoms with E-state index in [0.717, 1.165) is 4.57 Å². The lowest BCUT2D eigenvalue weighted by Crippen LogP contribution is -2.29. The minimum Gasteiger partial charge on any atom is -0.494 e. The lowest BCUT2D eigenvalue weighted by molar-refractivity contribution is 0.0697. The van der Waals surface area contributed by atoms with Gasteiger partial charge in [0, 0.05) is 6.21 Å². The van der Waals surface area contributed by atoms with Crippen LogP contribution in [0.15, 0.2) is 28.0 Å². The van der Waals surface area contributed by atoms with Gasteiger partial charge in [-0.05, 0) is 37.1 Å². The molecule has 1 atom stereocenters. The number of aliphatic imine (C=N–C) groups is 1. The summed E-state index contributed by atoms with van der Waals surface area (Å²) in [6.45, 7) is 1.46. The van der Waals surface area contributed by atoms with E-state index in [1.54, 1.807) is 6.07 Å². The largest absolute Gasteiger partial charge is 0.494 e. The number of aromatic nitrogens is 1. The van der Waals surface area contributed by atoms with Crippen LogP contribution >= 0.6 is 11.6 Å². The van der Waals surface area contributed by atoms with Crippen LogP contribution in [0.3, 0.4) is 0 Å². The highest BCUT2D eigenvalue weighted by atomic mass is 35.5. The molecule has 156 valence electrons. The minimum absolute atomic E-state index is 0.0308. The van der Waals surface area contributed by atoms with Gasteiger partial charge in [-0.1, -0.05) is 11.6 Å². The molecule has 0 spiro atoms. The third-order valence-electron chi connectivity index (χ3n) is 4.89. The second kappa shape index (κ2) is 7.93. The summed E-state index contributed by atoms with van der Waals surface area (Å²) in [7, 11) is -3.35. The molecule has 0 amide bonds. The van der Waals surface area contributed by atoms with Crippen LogP contribution in [0, 0.1) is 18.3 Å². The number of rotatable bonds is 4. The van der Waals surface area contributed by atoms with Gasteiger partial charge in [0.15, 0.2) is 9.84 Å². The molecule has 1 aliphatic rings. The molecule has 1 aromatic carbocycles. The van der Waals surface area contributed by atoms with Gasteiger partial charge in [-0.3, -0.25) is 14.4 Å². The highest BCUT2D eigenvalue weighted by Gasteiger charge is 2.33. The Morgan fingerprint density at radius 2 is 2.13 bits per heavy atom. The molecule has 0 bridgehead atoms. The van der Waals surface area contributed by atoms with Gasteiger partial charge in [-0.15, -0.1) is 0 Å². The molecule has 1 saturated heterocycles. The molecule has 9 nitrogen and oxygen atoms in total. The van der Waals surface area contributed by atoms with Gasteiger partial charge < -0.3 is 10.2 Å². The van der Waals surface area contributed by atoms with Crippen LogP contribution in [0.5, 0.6) is 5.88 Å². The van der Waals surface area contributed by atoms with E-state index >= 15 is 0 Å². The van der Waals surface area contributed by atoms with Gasteiger partial charge in [-0.25, -0.2) is 13.2 Å². The van der Waals surface area contributed by atoms with E-state index in [0.29, 0.717) is 0 Å². The number of nitriles is 1. The minimum atomic E-state index is -3.35. The van der Waals surface area contributed by atoms with Gasteiger partial charge in [-0.2, -0.15) is 5.26 Å². The van der Waals surface area contributed by atoms with Crippen molar-refractivity contribution in [1.82, 2.24) is 4.57 Å². The summed E-state index contributed by atoms with van der Waals surface area (Å²) in [4.78, 5) is 28.0. The highest BCUT2D eigenvalue weighted by Crippen LogP contribution is 2.30. The van der Waals surface area contributed by atoms with Crippen LogP contribution in [0.4, 0.5) is 5.69 Å². The first kappa shape index (κ1) is 21.5. The zero-order valence-corrected chi connectivity index (χ0v) is 17.2. The second-order valence-corrected chi connectivity index (χ2v) is 9.44. The fourth-order valence-electron chi connectivity index (χ4n) is 3.31. The van der Waals surface area contributed by atoms with Crippen molar-refractivity contribution in [2.24, 2.45) is 4.99 Å². The normalized spacial score (nSPS) is 17.8. The Bertz CT molecular complexity index is 1290. The van der Waals surface area contributed by atoms with Crippen molar-refractivity contribution >= 4 is 39.3 Å². The molecule has 11 heteroatoms. The van der Waals surface area contributed by atoms with Crippen molar-refractivity contribution in [2.75, 3.05) is 11.5 Å². The highest BCUT2D eigenvalue weighted by molar-refractivity contribution is 7.91. The molecule has 1 aromatic heterocycles. The van der Waals surface area contributed by atoms with Crippen molar-refractivity contribution in [1.29, 1.82) is 5.26 Å². The number of hydrogen-bond donors (Lipinski definition) is 2. The number of nitrogens with zero attached hydrogens (tertiary/aromatic N) is 3. The Morgan fingerprint density at radius 3 is 2.70 bits per heavy atom. The number of halogens is 1. The van der Waals surface area contributed by atoms with Crippen LogP contribution in [0.25, 0.3) is 0 Å². The fourth-order valence-corrected chi connectivity index (χ4v) is 5.21. The Hall–Kier alpha value is -3.16. The van der Waals surface area contributed by atoms with Crippen LogP contribution in [0.1, 0.15) is 39.5 Å². The van der Waals surface area contributed by atoms with E-state index in [1.165, 1.54) is 31.3 Å². The zero-order valence-electron chi connectivity index (χ0n) is 15.7. The fraction of sp³-hybridized carbons (Fsp3) is 0.263. The molecule has 1 aliphatic heterocycles. The molecule has 3 rings (SSSR count). The maximum atomic E-state index is 12.7. The maximum Gasteiger partial charge on any atom is 0.337 e. The van der Waals surface area contributed by atoms with Crippen molar-refractivity contribution in [2.45, 2.75) is 19.4 Å². The van der Waals surface area contributed by atoms with E-state index in [2.05, 4.69) is 4.99 Å². The summed E-state index contributed by atoms with van der Waals surface area (Å²) < 4.78 is 24.6. The number of hydrogen-bond acceptors (Lipinski definition) is 7. The average Bonchev–Trinajstić information content (AvgIpc) is 3.02. The van der Waals surface area contributed by atoms with Crippen LogP contribution in [-0.2, 0) is 9.84 Å². The van der Waals surface area contributed by atoms with Gasteiger partial charge in [0.2, 0.25) is 5.88 Å². The monoisotopic (exact) mass is 449 g/mol. The third kappa shape index (κ3) is 3.94. The zero-order chi connectivity index (χ0) is 22.2. The summed E-state index contributed by atoms with van der Waals surface area (Å²) in [6, 6.07) is 5.05. The van der Waals surface area contributed by atoms with E-state index < -0.39 is 33.3 Å². The van der Waals surface area contributed by atoms with Gasteiger partial charge in [0.1, 0.15) is 11.6 Å². The second-order valence-electron chi connectivity index (χ2n) is 6.81. The summed E-state index contributed by atoms with van der Waals surface area (Å²) in [5.74, 6) is -2.18. The Morgan fingerprint density at radius 1 is 1.43 bits per heavy atom. The molecule has 0 unspecified atom stereocenters. The van der Waals surface area contributed by atoms with E-state index in [1.807, 2.05) is 0 Å².